The fraction of sp³-hybridized carbons (Fsp3) is 0.0714. The maximum Gasteiger partial charge on any atom is 0.292 e. The van der Waals surface area contributed by atoms with Crippen LogP contribution in [0.1, 0.15) is 5.56 Å². The molecule has 0 bridgehead atoms. The SMILES string of the molecule is C#CCn1cc(C#N)c(=O)n2nc(-c3cccs3)cc12. The number of terminal acetylenes is 1. The van der Waals surface area contributed by atoms with Crippen molar-refractivity contribution >= 4 is 17.0 Å². The molecule has 6 heteroatoms. The Bertz CT molecular complexity index is 919. The van der Waals surface area contributed by atoms with Crippen molar-refractivity contribution in [3.8, 4) is 29.0 Å². The van der Waals surface area contributed by atoms with Crippen LogP contribution in [0.4, 0.5) is 0 Å². The smallest absolute Gasteiger partial charge is 0.292 e. The van der Waals surface area contributed by atoms with Crippen molar-refractivity contribution in [2.45, 2.75) is 6.54 Å². The monoisotopic (exact) mass is 280 g/mol. The first-order valence-electron chi connectivity index (χ1n) is 5.75. The molecule has 96 valence electrons. The van der Waals surface area contributed by atoms with Crippen molar-refractivity contribution in [3.63, 3.8) is 0 Å². The van der Waals surface area contributed by atoms with Crippen molar-refractivity contribution < 1.29 is 0 Å². The molecule has 20 heavy (non-hydrogen) atoms. The van der Waals surface area contributed by atoms with E-state index in [1.807, 2.05) is 23.6 Å². The zero-order chi connectivity index (χ0) is 14.1. The van der Waals surface area contributed by atoms with Gasteiger partial charge in [0.2, 0.25) is 0 Å². The van der Waals surface area contributed by atoms with Gasteiger partial charge in [0.05, 0.1) is 11.4 Å². The summed E-state index contributed by atoms with van der Waals surface area (Å²) >= 11 is 1.53. The molecule has 0 amide bonds. The van der Waals surface area contributed by atoms with E-state index in [-0.39, 0.29) is 12.1 Å². The van der Waals surface area contributed by atoms with E-state index < -0.39 is 5.56 Å². The quantitative estimate of drug-likeness (QED) is 0.672. The molecular weight excluding hydrogens is 272 g/mol. The molecule has 0 unspecified atom stereocenters. The van der Waals surface area contributed by atoms with Gasteiger partial charge in [-0.25, -0.2) is 0 Å². The number of rotatable bonds is 2. The minimum absolute atomic E-state index is 0.0218. The summed E-state index contributed by atoms with van der Waals surface area (Å²) in [5.74, 6) is 2.50. The van der Waals surface area contributed by atoms with Gasteiger partial charge < -0.3 is 4.57 Å². The highest BCUT2D eigenvalue weighted by molar-refractivity contribution is 7.13. The Morgan fingerprint density at radius 3 is 3.00 bits per heavy atom. The second-order valence-corrected chi connectivity index (χ2v) is 5.02. The summed E-state index contributed by atoms with van der Waals surface area (Å²) in [6.07, 6.45) is 6.79. The summed E-state index contributed by atoms with van der Waals surface area (Å²) in [7, 11) is 0. The van der Waals surface area contributed by atoms with Crippen LogP contribution in [0, 0.1) is 23.7 Å². The first kappa shape index (κ1) is 12.2. The fourth-order valence-electron chi connectivity index (χ4n) is 1.96. The van der Waals surface area contributed by atoms with Crippen molar-refractivity contribution in [2.24, 2.45) is 0 Å². The first-order valence-corrected chi connectivity index (χ1v) is 6.63. The second kappa shape index (κ2) is 4.69. The molecule has 0 fully saturated rings. The van der Waals surface area contributed by atoms with E-state index in [2.05, 4.69) is 11.0 Å². The van der Waals surface area contributed by atoms with Crippen molar-refractivity contribution in [1.29, 1.82) is 5.26 Å². The molecule has 0 aromatic carbocycles. The lowest BCUT2D eigenvalue weighted by Gasteiger charge is -2.04. The molecule has 0 spiro atoms. The van der Waals surface area contributed by atoms with E-state index in [9.17, 15) is 4.79 Å². The number of thiophene rings is 1. The van der Waals surface area contributed by atoms with Crippen molar-refractivity contribution in [3.05, 3.63) is 45.7 Å². The predicted octanol–water partition coefficient (Wildman–Crippen LogP) is 1.73. The highest BCUT2D eigenvalue weighted by Crippen LogP contribution is 2.23. The summed E-state index contributed by atoms with van der Waals surface area (Å²) in [6, 6.07) is 7.51. The van der Waals surface area contributed by atoms with Gasteiger partial charge in [0.25, 0.3) is 5.56 Å². The van der Waals surface area contributed by atoms with Gasteiger partial charge in [0.15, 0.2) is 0 Å². The molecule has 0 radical (unpaired) electrons. The largest absolute Gasteiger partial charge is 0.320 e. The molecule has 0 aliphatic carbocycles. The van der Waals surface area contributed by atoms with Crippen LogP contribution in [-0.4, -0.2) is 14.2 Å². The van der Waals surface area contributed by atoms with Crippen LogP contribution >= 0.6 is 11.3 Å². The van der Waals surface area contributed by atoms with Crippen LogP contribution in [0.3, 0.4) is 0 Å². The van der Waals surface area contributed by atoms with Crippen LogP contribution in [-0.2, 0) is 6.54 Å². The number of nitrogens with zero attached hydrogens (tertiary/aromatic N) is 4. The van der Waals surface area contributed by atoms with Crippen molar-refractivity contribution in [1.82, 2.24) is 14.2 Å². The summed E-state index contributed by atoms with van der Waals surface area (Å²) in [5.41, 5.74) is 0.862. The van der Waals surface area contributed by atoms with Gasteiger partial charge in [-0.3, -0.25) is 4.79 Å². The van der Waals surface area contributed by atoms with Gasteiger partial charge in [-0.15, -0.1) is 17.8 Å². The lowest BCUT2D eigenvalue weighted by Crippen LogP contribution is -2.21. The van der Waals surface area contributed by atoms with Gasteiger partial charge in [-0.2, -0.15) is 14.9 Å². The Morgan fingerprint density at radius 2 is 2.35 bits per heavy atom. The number of fused-ring (bicyclic) bond motifs is 1. The molecule has 3 rings (SSSR count). The molecule has 3 aromatic heterocycles. The second-order valence-electron chi connectivity index (χ2n) is 4.07. The lowest BCUT2D eigenvalue weighted by molar-refractivity contribution is 0.786. The third-order valence-corrected chi connectivity index (χ3v) is 3.74. The molecule has 3 aromatic rings. The van der Waals surface area contributed by atoms with Crippen LogP contribution < -0.4 is 5.56 Å². The Kier molecular flexibility index (Phi) is 2.86. The Hall–Kier alpha value is -2.83. The van der Waals surface area contributed by atoms with Crippen LogP contribution in [0.2, 0.25) is 0 Å². The maximum atomic E-state index is 12.1. The Morgan fingerprint density at radius 1 is 1.50 bits per heavy atom. The molecule has 3 heterocycles. The number of hydrogen-bond acceptors (Lipinski definition) is 4. The normalized spacial score (nSPS) is 10.3. The van der Waals surface area contributed by atoms with E-state index in [4.69, 9.17) is 11.7 Å². The topological polar surface area (TPSA) is 63.1 Å². The van der Waals surface area contributed by atoms with Gasteiger partial charge in [0.1, 0.15) is 23.0 Å². The van der Waals surface area contributed by atoms with Gasteiger partial charge in [-0.1, -0.05) is 12.0 Å². The minimum atomic E-state index is -0.432. The zero-order valence-corrected chi connectivity index (χ0v) is 11.1. The molecule has 0 aliphatic heterocycles. The molecule has 0 N–H and O–H groups in total. The summed E-state index contributed by atoms with van der Waals surface area (Å²) in [4.78, 5) is 13.1. The average molecular weight is 280 g/mol. The molecule has 0 aliphatic rings. The Labute approximate surface area is 118 Å². The van der Waals surface area contributed by atoms with Gasteiger partial charge >= 0.3 is 0 Å². The standard InChI is InChI=1S/C14H8N4OS/c1-2-5-17-9-10(8-15)14(19)18-13(17)7-11(16-18)12-4-3-6-20-12/h1,3-4,6-7,9H,5H2. The maximum absolute atomic E-state index is 12.1. The van der Waals surface area contributed by atoms with Crippen LogP contribution in [0.25, 0.3) is 16.2 Å². The highest BCUT2D eigenvalue weighted by atomic mass is 32.1. The Balaban J connectivity index is 2.35. The third-order valence-electron chi connectivity index (χ3n) is 2.85. The van der Waals surface area contributed by atoms with Gasteiger partial charge in [0, 0.05) is 12.3 Å². The molecule has 0 atom stereocenters. The molecule has 0 saturated heterocycles. The first-order chi connectivity index (χ1) is 9.74. The predicted molar refractivity (Wildman–Crippen MR) is 76.3 cm³/mol. The number of hydrogen-bond donors (Lipinski definition) is 0. The van der Waals surface area contributed by atoms with E-state index in [1.165, 1.54) is 22.0 Å². The minimum Gasteiger partial charge on any atom is -0.320 e. The fourth-order valence-corrected chi connectivity index (χ4v) is 2.64. The van der Waals surface area contributed by atoms with E-state index in [0.717, 1.165) is 4.88 Å². The third kappa shape index (κ3) is 1.80. The number of aromatic nitrogens is 3. The summed E-state index contributed by atoms with van der Waals surface area (Å²) < 4.78 is 2.90. The van der Waals surface area contributed by atoms with E-state index in [0.29, 0.717) is 11.3 Å². The summed E-state index contributed by atoms with van der Waals surface area (Å²) in [5, 5.41) is 15.2. The number of nitriles is 1. The van der Waals surface area contributed by atoms with Crippen LogP contribution in [0.15, 0.2) is 34.6 Å². The molecule has 0 saturated carbocycles. The summed E-state index contributed by atoms with van der Waals surface area (Å²) in [6.45, 7) is 0.272. The average Bonchev–Trinajstić information content (AvgIpc) is 3.09. The van der Waals surface area contributed by atoms with E-state index >= 15 is 0 Å². The van der Waals surface area contributed by atoms with E-state index in [1.54, 1.807) is 10.6 Å². The highest BCUT2D eigenvalue weighted by Gasteiger charge is 2.13. The molecular formula is C14H8N4OS. The zero-order valence-electron chi connectivity index (χ0n) is 10.3. The molecule has 5 nitrogen and oxygen atoms in total. The van der Waals surface area contributed by atoms with Crippen molar-refractivity contribution in [2.75, 3.05) is 0 Å². The van der Waals surface area contributed by atoms with Crippen LogP contribution in [0.5, 0.6) is 0 Å². The lowest BCUT2D eigenvalue weighted by atomic mass is 10.3. The van der Waals surface area contributed by atoms with Gasteiger partial charge in [-0.05, 0) is 11.4 Å².